The SMILES string of the molecule is CCC(C)c1ccc(COc2ccc(C=C3SC(=Nc4ccc(NS(=O)(=O)C(F)(F)F)cc4)NC3=O)cc2)cc1. The van der Waals surface area contributed by atoms with E-state index in [4.69, 9.17) is 4.74 Å². The van der Waals surface area contributed by atoms with Gasteiger partial charge in [0.05, 0.1) is 10.6 Å². The third-order valence-electron chi connectivity index (χ3n) is 6.05. The normalized spacial score (nSPS) is 16.7. The van der Waals surface area contributed by atoms with Crippen molar-refractivity contribution in [3.8, 4) is 5.75 Å². The molecule has 3 aromatic rings. The lowest BCUT2D eigenvalue weighted by Crippen LogP contribution is -2.29. The fraction of sp³-hybridized carbons (Fsp3) is 0.214. The molecule has 1 aliphatic heterocycles. The molecule has 0 saturated carbocycles. The number of benzene rings is 3. The lowest BCUT2D eigenvalue weighted by molar-refractivity contribution is -0.115. The number of amidine groups is 1. The number of alkyl halides is 3. The molecule has 1 atom stereocenters. The van der Waals surface area contributed by atoms with Crippen LogP contribution in [-0.2, 0) is 21.4 Å². The van der Waals surface area contributed by atoms with Gasteiger partial charge in [0.2, 0.25) is 0 Å². The van der Waals surface area contributed by atoms with Gasteiger partial charge in [-0.3, -0.25) is 9.52 Å². The number of thioether (sulfide) groups is 1. The summed E-state index contributed by atoms with van der Waals surface area (Å²) in [5, 5.41) is 2.91. The van der Waals surface area contributed by atoms with Crippen molar-refractivity contribution in [2.75, 3.05) is 4.72 Å². The molecular weight excluding hydrogens is 563 g/mol. The van der Waals surface area contributed by atoms with Crippen molar-refractivity contribution in [3.63, 3.8) is 0 Å². The molecule has 1 amide bonds. The number of aliphatic imine (C=N–C) groups is 1. The molecule has 2 N–H and O–H groups in total. The van der Waals surface area contributed by atoms with E-state index >= 15 is 0 Å². The predicted octanol–water partition coefficient (Wildman–Crippen LogP) is 6.93. The molecule has 1 fully saturated rings. The smallest absolute Gasteiger partial charge is 0.489 e. The lowest BCUT2D eigenvalue weighted by atomic mass is 9.98. The summed E-state index contributed by atoms with van der Waals surface area (Å²) in [5.74, 6) is 0.866. The standard InChI is InChI=1S/C28H26F3N3O4S2/c1-3-18(2)21-8-4-20(5-9-21)17-38-24-14-6-19(7-15-24)16-25-26(35)33-27(39-25)32-22-10-12-23(13-11-22)34-40(36,37)28(29,30)31/h4-16,18,34H,3,17H2,1-2H3,(H,32,33,35). The van der Waals surface area contributed by atoms with Crippen LogP contribution in [0.4, 0.5) is 24.5 Å². The number of nitrogens with one attached hydrogen (secondary N) is 2. The Hall–Kier alpha value is -3.77. The Morgan fingerprint density at radius 2 is 1.68 bits per heavy atom. The van der Waals surface area contributed by atoms with Crippen molar-refractivity contribution in [1.82, 2.24) is 5.32 Å². The van der Waals surface area contributed by atoms with Gasteiger partial charge in [-0.2, -0.15) is 21.6 Å². The van der Waals surface area contributed by atoms with Crippen molar-refractivity contribution < 1.29 is 31.1 Å². The van der Waals surface area contributed by atoms with Gasteiger partial charge in [-0.1, -0.05) is 50.2 Å². The molecule has 0 spiro atoms. The molecule has 1 unspecified atom stereocenters. The number of ether oxygens (including phenoxy) is 1. The van der Waals surface area contributed by atoms with Crippen molar-refractivity contribution >= 4 is 50.3 Å². The van der Waals surface area contributed by atoms with Crippen LogP contribution in [0.1, 0.15) is 42.9 Å². The van der Waals surface area contributed by atoms with Crippen LogP contribution in [0.25, 0.3) is 6.08 Å². The fourth-order valence-electron chi connectivity index (χ4n) is 3.57. The summed E-state index contributed by atoms with van der Waals surface area (Å²) in [5.41, 5.74) is -2.22. The highest BCUT2D eigenvalue weighted by molar-refractivity contribution is 8.18. The van der Waals surface area contributed by atoms with Crippen LogP contribution in [0.15, 0.2) is 82.7 Å². The number of amides is 1. The minimum absolute atomic E-state index is 0.267. The van der Waals surface area contributed by atoms with Crippen molar-refractivity contribution in [2.45, 2.75) is 38.3 Å². The minimum atomic E-state index is -5.52. The van der Waals surface area contributed by atoms with Crippen LogP contribution in [0, 0.1) is 0 Å². The van der Waals surface area contributed by atoms with E-state index in [0.717, 1.165) is 41.4 Å². The fourth-order valence-corrected chi connectivity index (χ4v) is 4.98. The molecule has 0 radical (unpaired) electrons. The topological polar surface area (TPSA) is 96.9 Å². The maximum absolute atomic E-state index is 12.5. The first-order chi connectivity index (χ1) is 18.9. The maximum atomic E-state index is 12.5. The molecule has 4 rings (SSSR count). The average molecular weight is 590 g/mol. The number of hydrogen-bond acceptors (Lipinski definition) is 6. The Morgan fingerprint density at radius 3 is 2.27 bits per heavy atom. The lowest BCUT2D eigenvalue weighted by Gasteiger charge is -2.10. The Kier molecular flexibility index (Phi) is 8.89. The zero-order chi connectivity index (χ0) is 28.9. The Bertz CT molecular complexity index is 1520. The Labute approximate surface area is 234 Å². The molecular formula is C28H26F3N3O4S2. The number of rotatable bonds is 9. The summed E-state index contributed by atoms with van der Waals surface area (Å²) in [7, 11) is -5.52. The first kappa shape index (κ1) is 29.2. The highest BCUT2D eigenvalue weighted by Gasteiger charge is 2.46. The van der Waals surface area contributed by atoms with Gasteiger partial charge in [-0.25, -0.2) is 4.99 Å². The average Bonchev–Trinajstić information content (AvgIpc) is 3.26. The van der Waals surface area contributed by atoms with Crippen LogP contribution in [0.3, 0.4) is 0 Å². The zero-order valence-corrected chi connectivity index (χ0v) is 23.2. The van der Waals surface area contributed by atoms with Gasteiger partial charge in [0, 0.05) is 5.69 Å². The number of nitrogens with zero attached hydrogens (tertiary/aromatic N) is 1. The quantitative estimate of drug-likeness (QED) is 0.264. The van der Waals surface area contributed by atoms with E-state index in [0.29, 0.717) is 28.9 Å². The molecule has 40 heavy (non-hydrogen) atoms. The molecule has 12 heteroatoms. The van der Waals surface area contributed by atoms with Crippen LogP contribution in [-0.4, -0.2) is 25.0 Å². The molecule has 0 bridgehead atoms. The van der Waals surface area contributed by atoms with Crippen LogP contribution in [0.2, 0.25) is 0 Å². The van der Waals surface area contributed by atoms with Crippen molar-refractivity contribution in [2.24, 2.45) is 4.99 Å². The third-order valence-corrected chi connectivity index (χ3v) is 8.07. The predicted molar refractivity (Wildman–Crippen MR) is 152 cm³/mol. The second kappa shape index (κ2) is 12.2. The summed E-state index contributed by atoms with van der Waals surface area (Å²) in [6, 6.07) is 20.6. The van der Waals surface area contributed by atoms with E-state index in [1.165, 1.54) is 22.4 Å². The van der Waals surface area contributed by atoms with E-state index in [1.54, 1.807) is 6.08 Å². The van der Waals surface area contributed by atoms with E-state index in [9.17, 15) is 26.4 Å². The summed E-state index contributed by atoms with van der Waals surface area (Å²) >= 11 is 1.10. The maximum Gasteiger partial charge on any atom is 0.516 e. The van der Waals surface area contributed by atoms with E-state index < -0.39 is 15.5 Å². The van der Waals surface area contributed by atoms with Gasteiger partial charge in [0.15, 0.2) is 5.17 Å². The first-order valence-electron chi connectivity index (χ1n) is 12.2. The summed E-state index contributed by atoms with van der Waals surface area (Å²) < 4.78 is 67.4. The Balaban J connectivity index is 1.34. The number of carbonyl (C=O) groups is 1. The molecule has 0 aromatic heterocycles. The van der Waals surface area contributed by atoms with Gasteiger partial charge in [0.1, 0.15) is 12.4 Å². The van der Waals surface area contributed by atoms with Gasteiger partial charge in [0.25, 0.3) is 5.91 Å². The first-order valence-corrected chi connectivity index (χ1v) is 14.5. The highest BCUT2D eigenvalue weighted by atomic mass is 32.2. The van der Waals surface area contributed by atoms with Crippen molar-refractivity contribution in [1.29, 1.82) is 0 Å². The molecule has 7 nitrogen and oxygen atoms in total. The van der Waals surface area contributed by atoms with Gasteiger partial charge in [-0.15, -0.1) is 0 Å². The zero-order valence-electron chi connectivity index (χ0n) is 21.5. The van der Waals surface area contributed by atoms with Gasteiger partial charge >= 0.3 is 15.5 Å². The molecule has 3 aromatic carbocycles. The van der Waals surface area contributed by atoms with Crippen molar-refractivity contribution in [3.05, 3.63) is 94.4 Å². The summed E-state index contributed by atoms with van der Waals surface area (Å²) in [6.07, 6.45) is 2.79. The second-order valence-corrected chi connectivity index (χ2v) is 11.7. The van der Waals surface area contributed by atoms with E-state index in [1.807, 2.05) is 24.3 Å². The molecule has 210 valence electrons. The van der Waals surface area contributed by atoms with Gasteiger partial charge < -0.3 is 10.1 Å². The number of anilines is 1. The van der Waals surface area contributed by atoms with Crippen LogP contribution < -0.4 is 14.8 Å². The molecule has 1 saturated heterocycles. The summed E-state index contributed by atoms with van der Waals surface area (Å²) in [6.45, 7) is 4.80. The number of halogens is 3. The van der Waals surface area contributed by atoms with Crippen LogP contribution in [0.5, 0.6) is 5.75 Å². The van der Waals surface area contributed by atoms with Gasteiger partial charge in [-0.05, 0) is 83.3 Å². The van der Waals surface area contributed by atoms with E-state index in [2.05, 4.69) is 48.4 Å². The summed E-state index contributed by atoms with van der Waals surface area (Å²) in [4.78, 5) is 17.1. The number of carbonyl (C=O) groups excluding carboxylic acids is 1. The minimum Gasteiger partial charge on any atom is -0.489 e. The Morgan fingerprint density at radius 1 is 1.02 bits per heavy atom. The second-order valence-electron chi connectivity index (χ2n) is 8.99. The number of hydrogen-bond donors (Lipinski definition) is 2. The molecule has 1 aliphatic rings. The highest BCUT2D eigenvalue weighted by Crippen LogP contribution is 2.30. The third kappa shape index (κ3) is 7.45. The monoisotopic (exact) mass is 589 g/mol. The molecule has 1 heterocycles. The van der Waals surface area contributed by atoms with E-state index in [-0.39, 0.29) is 16.8 Å². The molecule has 0 aliphatic carbocycles. The van der Waals surface area contributed by atoms with Crippen LogP contribution >= 0.6 is 11.8 Å². The number of sulfonamides is 1. The largest absolute Gasteiger partial charge is 0.516 e.